The van der Waals surface area contributed by atoms with Crippen LogP contribution in [0.5, 0.6) is 0 Å². The van der Waals surface area contributed by atoms with Crippen molar-refractivity contribution < 1.29 is 5.11 Å². The zero-order chi connectivity index (χ0) is 13.1. The van der Waals surface area contributed by atoms with E-state index in [0.717, 1.165) is 24.2 Å². The molecule has 0 aromatic carbocycles. The van der Waals surface area contributed by atoms with Crippen molar-refractivity contribution in [2.24, 2.45) is 17.8 Å². The highest BCUT2D eigenvalue weighted by atomic mass is 16.3. The van der Waals surface area contributed by atoms with Crippen LogP contribution in [0, 0.1) is 17.8 Å². The first-order valence-electron chi connectivity index (χ1n) is 8.04. The minimum Gasteiger partial charge on any atom is -0.391 e. The van der Waals surface area contributed by atoms with Gasteiger partial charge in [0.1, 0.15) is 0 Å². The Bertz CT molecular complexity index is 245. The van der Waals surface area contributed by atoms with E-state index < -0.39 is 0 Å². The van der Waals surface area contributed by atoms with Gasteiger partial charge in [0, 0.05) is 6.04 Å². The first kappa shape index (κ1) is 14.3. The van der Waals surface area contributed by atoms with Crippen molar-refractivity contribution in [1.82, 2.24) is 4.90 Å². The Balaban J connectivity index is 1.90. The number of piperidine rings is 1. The van der Waals surface area contributed by atoms with Crippen LogP contribution >= 0.6 is 0 Å². The summed E-state index contributed by atoms with van der Waals surface area (Å²) in [4.78, 5) is 2.59. The Morgan fingerprint density at radius 3 is 2.33 bits per heavy atom. The van der Waals surface area contributed by atoms with E-state index in [2.05, 4.69) is 25.7 Å². The summed E-state index contributed by atoms with van der Waals surface area (Å²) in [5.74, 6) is 2.53. The van der Waals surface area contributed by atoms with Crippen molar-refractivity contribution in [2.45, 2.75) is 71.4 Å². The first-order chi connectivity index (χ1) is 8.61. The van der Waals surface area contributed by atoms with E-state index in [0.29, 0.717) is 6.04 Å². The molecule has 0 spiro atoms. The van der Waals surface area contributed by atoms with E-state index in [9.17, 15) is 5.11 Å². The largest absolute Gasteiger partial charge is 0.391 e. The smallest absolute Gasteiger partial charge is 0.0695 e. The summed E-state index contributed by atoms with van der Waals surface area (Å²) in [6.45, 7) is 9.41. The van der Waals surface area contributed by atoms with Crippen molar-refractivity contribution in [3.8, 4) is 0 Å². The molecule has 2 nitrogen and oxygen atoms in total. The summed E-state index contributed by atoms with van der Waals surface area (Å²) in [5, 5.41) is 10.3. The Labute approximate surface area is 113 Å². The maximum Gasteiger partial charge on any atom is 0.0695 e. The van der Waals surface area contributed by atoms with E-state index in [-0.39, 0.29) is 6.10 Å². The van der Waals surface area contributed by atoms with E-state index in [4.69, 9.17) is 0 Å². The summed E-state index contributed by atoms with van der Waals surface area (Å²) in [5.41, 5.74) is 0. The van der Waals surface area contributed by atoms with E-state index >= 15 is 0 Å². The number of rotatable bonds is 3. The third kappa shape index (κ3) is 3.27. The van der Waals surface area contributed by atoms with E-state index in [1.54, 1.807) is 0 Å². The first-order valence-corrected chi connectivity index (χ1v) is 8.04. The molecule has 1 heterocycles. The number of aliphatic hydroxyl groups is 1. The van der Waals surface area contributed by atoms with Crippen LogP contribution in [-0.2, 0) is 0 Å². The fraction of sp³-hybridized carbons (Fsp3) is 1.00. The quantitative estimate of drug-likeness (QED) is 0.834. The lowest BCUT2D eigenvalue weighted by Gasteiger charge is -2.44. The molecule has 18 heavy (non-hydrogen) atoms. The standard InChI is InChI=1S/C16H31NO/c1-4-13-7-9-17(10-8-13)15-11-14(12(2)3)5-6-16(15)18/h12-16,18H,4-11H2,1-3H3. The fourth-order valence-electron chi connectivity index (χ4n) is 3.85. The molecule has 0 aromatic heterocycles. The molecule has 2 fully saturated rings. The Kier molecular flexibility index (Phi) is 5.08. The molecular weight excluding hydrogens is 222 g/mol. The molecule has 1 saturated carbocycles. The molecule has 0 amide bonds. The van der Waals surface area contributed by atoms with Gasteiger partial charge in [-0.25, -0.2) is 0 Å². The van der Waals surface area contributed by atoms with Gasteiger partial charge in [0.15, 0.2) is 0 Å². The molecule has 2 aliphatic rings. The summed E-state index contributed by atoms with van der Waals surface area (Å²) in [7, 11) is 0. The molecule has 0 radical (unpaired) electrons. The highest BCUT2D eigenvalue weighted by Crippen LogP contribution is 2.34. The van der Waals surface area contributed by atoms with Crippen LogP contribution in [0.1, 0.15) is 59.3 Å². The van der Waals surface area contributed by atoms with Gasteiger partial charge in [-0.15, -0.1) is 0 Å². The highest BCUT2D eigenvalue weighted by Gasteiger charge is 2.35. The van der Waals surface area contributed by atoms with Gasteiger partial charge in [-0.05, 0) is 62.9 Å². The van der Waals surface area contributed by atoms with Crippen LogP contribution in [0.4, 0.5) is 0 Å². The van der Waals surface area contributed by atoms with E-state index in [1.807, 2.05) is 0 Å². The summed E-state index contributed by atoms with van der Waals surface area (Å²) < 4.78 is 0. The van der Waals surface area contributed by atoms with Gasteiger partial charge < -0.3 is 5.11 Å². The predicted molar refractivity (Wildman–Crippen MR) is 76.6 cm³/mol. The topological polar surface area (TPSA) is 23.5 Å². The van der Waals surface area contributed by atoms with Gasteiger partial charge in [0.2, 0.25) is 0 Å². The van der Waals surface area contributed by atoms with Gasteiger partial charge in [-0.3, -0.25) is 4.90 Å². The summed E-state index contributed by atoms with van der Waals surface area (Å²) in [6, 6.07) is 0.448. The second kappa shape index (κ2) is 6.38. The molecule has 0 bridgehead atoms. The molecular formula is C16H31NO. The van der Waals surface area contributed by atoms with Crippen molar-refractivity contribution in [1.29, 1.82) is 0 Å². The van der Waals surface area contributed by atoms with Crippen LogP contribution in [-0.4, -0.2) is 35.2 Å². The normalized spacial score (nSPS) is 36.2. The Hall–Kier alpha value is -0.0800. The molecule has 2 rings (SSSR count). The van der Waals surface area contributed by atoms with Crippen LogP contribution in [0.25, 0.3) is 0 Å². The molecule has 1 saturated heterocycles. The zero-order valence-electron chi connectivity index (χ0n) is 12.4. The van der Waals surface area contributed by atoms with Gasteiger partial charge in [-0.1, -0.05) is 27.2 Å². The van der Waals surface area contributed by atoms with Crippen LogP contribution in [0.3, 0.4) is 0 Å². The number of hydrogen-bond donors (Lipinski definition) is 1. The van der Waals surface area contributed by atoms with Crippen LogP contribution in [0.2, 0.25) is 0 Å². The molecule has 1 N–H and O–H groups in total. The van der Waals surface area contributed by atoms with E-state index in [1.165, 1.54) is 45.2 Å². The average Bonchev–Trinajstić information content (AvgIpc) is 2.39. The van der Waals surface area contributed by atoms with Crippen molar-refractivity contribution >= 4 is 0 Å². The van der Waals surface area contributed by atoms with Crippen LogP contribution in [0.15, 0.2) is 0 Å². The minimum atomic E-state index is -0.0711. The van der Waals surface area contributed by atoms with Crippen molar-refractivity contribution in [2.75, 3.05) is 13.1 Å². The number of nitrogens with zero attached hydrogens (tertiary/aromatic N) is 1. The molecule has 2 heteroatoms. The van der Waals surface area contributed by atoms with Crippen molar-refractivity contribution in [3.63, 3.8) is 0 Å². The van der Waals surface area contributed by atoms with Gasteiger partial charge in [0.25, 0.3) is 0 Å². The third-order valence-electron chi connectivity index (χ3n) is 5.46. The maximum atomic E-state index is 10.3. The lowest BCUT2D eigenvalue weighted by molar-refractivity contribution is -0.0175. The molecule has 3 atom stereocenters. The summed E-state index contributed by atoms with van der Waals surface area (Å²) in [6.07, 6.45) is 7.39. The van der Waals surface area contributed by atoms with Crippen molar-refractivity contribution in [3.05, 3.63) is 0 Å². The second-order valence-corrected chi connectivity index (χ2v) is 6.84. The average molecular weight is 253 g/mol. The lowest BCUT2D eigenvalue weighted by atomic mass is 9.77. The fourth-order valence-corrected chi connectivity index (χ4v) is 3.85. The third-order valence-corrected chi connectivity index (χ3v) is 5.46. The Morgan fingerprint density at radius 2 is 1.78 bits per heavy atom. The zero-order valence-corrected chi connectivity index (χ0v) is 12.4. The Morgan fingerprint density at radius 1 is 1.11 bits per heavy atom. The molecule has 0 aromatic rings. The minimum absolute atomic E-state index is 0.0711. The molecule has 1 aliphatic carbocycles. The van der Waals surface area contributed by atoms with Gasteiger partial charge >= 0.3 is 0 Å². The maximum absolute atomic E-state index is 10.3. The number of likely N-dealkylation sites (tertiary alicyclic amines) is 1. The van der Waals surface area contributed by atoms with Crippen LogP contribution < -0.4 is 0 Å². The number of hydrogen-bond acceptors (Lipinski definition) is 2. The highest BCUT2D eigenvalue weighted by molar-refractivity contribution is 4.89. The summed E-state index contributed by atoms with van der Waals surface area (Å²) >= 11 is 0. The number of aliphatic hydroxyl groups excluding tert-OH is 1. The van der Waals surface area contributed by atoms with Gasteiger partial charge in [0.05, 0.1) is 6.10 Å². The molecule has 1 aliphatic heterocycles. The predicted octanol–water partition coefficient (Wildman–Crippen LogP) is 3.29. The monoisotopic (exact) mass is 253 g/mol. The van der Waals surface area contributed by atoms with Gasteiger partial charge in [-0.2, -0.15) is 0 Å². The SMILES string of the molecule is CCC1CCN(C2CC(C(C)C)CCC2O)CC1. The second-order valence-electron chi connectivity index (χ2n) is 6.84. The lowest BCUT2D eigenvalue weighted by Crippen LogP contribution is -2.50. The molecule has 106 valence electrons. The molecule has 3 unspecified atom stereocenters.